The van der Waals surface area contributed by atoms with E-state index in [0.29, 0.717) is 22.8 Å². The third-order valence-corrected chi connectivity index (χ3v) is 9.63. The predicted octanol–water partition coefficient (Wildman–Crippen LogP) is 6.02. The van der Waals surface area contributed by atoms with Gasteiger partial charge in [-0.1, -0.05) is 43.5 Å². The van der Waals surface area contributed by atoms with E-state index in [1.54, 1.807) is 36.4 Å². The number of alkyl halides is 3. The van der Waals surface area contributed by atoms with Crippen LogP contribution in [0, 0.1) is 0 Å². The summed E-state index contributed by atoms with van der Waals surface area (Å²) < 4.78 is 58.6. The van der Waals surface area contributed by atoms with E-state index in [-0.39, 0.29) is 11.9 Å². The lowest BCUT2D eigenvalue weighted by Gasteiger charge is -2.19. The predicted molar refractivity (Wildman–Crippen MR) is 167 cm³/mol. The second-order valence-electron chi connectivity index (χ2n) is 11.4. The van der Waals surface area contributed by atoms with Crippen LogP contribution >= 0.6 is 11.6 Å². The van der Waals surface area contributed by atoms with Crippen molar-refractivity contribution in [2.45, 2.75) is 68.3 Å². The number of nitrogens with zero attached hydrogens (tertiary/aromatic N) is 3. The van der Waals surface area contributed by atoms with Crippen molar-refractivity contribution in [1.82, 2.24) is 25.0 Å². The molecule has 2 aromatic carbocycles. The van der Waals surface area contributed by atoms with Crippen LogP contribution in [-0.2, 0) is 16.5 Å². The number of halogens is 4. The van der Waals surface area contributed by atoms with Gasteiger partial charge in [0.25, 0.3) is 5.91 Å². The molecule has 10 nitrogen and oxygen atoms in total. The van der Waals surface area contributed by atoms with Gasteiger partial charge in [-0.25, -0.2) is 4.21 Å². The number of hydrogen-bond acceptors (Lipinski definition) is 9. The van der Waals surface area contributed by atoms with E-state index in [4.69, 9.17) is 16.3 Å². The molecule has 0 aliphatic heterocycles. The zero-order valence-corrected chi connectivity index (χ0v) is 26.2. The number of unbranched alkanes of at least 4 members (excludes halogenated alkanes) is 2. The Labute approximate surface area is 266 Å². The lowest BCUT2D eigenvalue weighted by molar-refractivity contribution is -0.154. The smallest absolute Gasteiger partial charge is 0.422 e. The minimum atomic E-state index is -4.58. The molecule has 1 unspecified atom stereocenters. The van der Waals surface area contributed by atoms with Crippen molar-refractivity contribution in [3.8, 4) is 6.01 Å². The first-order valence-electron chi connectivity index (χ1n) is 14.8. The van der Waals surface area contributed by atoms with E-state index < -0.39 is 46.0 Å². The Balaban J connectivity index is 1.24. The van der Waals surface area contributed by atoms with Crippen LogP contribution in [0.25, 0.3) is 0 Å². The molecule has 2 aliphatic rings. The van der Waals surface area contributed by atoms with Gasteiger partial charge in [-0.05, 0) is 80.6 Å². The van der Waals surface area contributed by atoms with Gasteiger partial charge in [0.2, 0.25) is 11.9 Å². The molecule has 1 aromatic heterocycles. The maximum Gasteiger partial charge on any atom is 0.422 e. The van der Waals surface area contributed by atoms with E-state index in [2.05, 4.69) is 42.5 Å². The summed E-state index contributed by atoms with van der Waals surface area (Å²) in [6, 6.07) is 13.0. The summed E-state index contributed by atoms with van der Waals surface area (Å²) in [5, 5.41) is 10.1. The molecule has 0 saturated heterocycles. The van der Waals surface area contributed by atoms with Crippen molar-refractivity contribution >= 4 is 46.1 Å². The molecule has 2 saturated carbocycles. The summed E-state index contributed by atoms with van der Waals surface area (Å²) in [6.07, 6.45) is 1.80. The summed E-state index contributed by atoms with van der Waals surface area (Å²) in [7, 11) is -1.54. The molecule has 5 rings (SSSR count). The van der Waals surface area contributed by atoms with Crippen LogP contribution in [0.5, 0.6) is 6.01 Å². The molecular formula is C30H35ClF3N7O3S. The molecule has 2 aliphatic carbocycles. The number of carbonyl (C=O) groups is 1. The molecule has 15 heteroatoms. The van der Waals surface area contributed by atoms with E-state index in [1.807, 2.05) is 12.1 Å². The normalized spacial score (nSPS) is 16.8. The number of ether oxygens (including phenoxy) is 1. The second-order valence-corrected chi connectivity index (χ2v) is 13.4. The minimum Gasteiger partial charge on any atom is -0.454 e. The number of amides is 1. The van der Waals surface area contributed by atoms with Gasteiger partial charge in [0.15, 0.2) is 6.61 Å². The van der Waals surface area contributed by atoms with Gasteiger partial charge in [-0.15, -0.1) is 0 Å². The maximum absolute atomic E-state index is 12.9. The zero-order valence-electron chi connectivity index (χ0n) is 24.7. The highest BCUT2D eigenvalue weighted by Gasteiger charge is 2.49. The molecule has 2 fully saturated rings. The molecule has 45 heavy (non-hydrogen) atoms. The quantitative estimate of drug-likeness (QED) is 0.136. The molecule has 1 amide bonds. The Morgan fingerprint density at radius 2 is 1.67 bits per heavy atom. The van der Waals surface area contributed by atoms with E-state index in [0.717, 1.165) is 57.1 Å². The zero-order chi connectivity index (χ0) is 32.1. The Hall–Kier alpha value is -3.49. The molecule has 242 valence electrons. The highest BCUT2D eigenvalue weighted by molar-refractivity contribution is 7.85. The van der Waals surface area contributed by atoms with Crippen LogP contribution in [0.4, 0.5) is 30.8 Å². The fourth-order valence-corrected chi connectivity index (χ4v) is 6.08. The first-order valence-corrected chi connectivity index (χ1v) is 16.3. The van der Waals surface area contributed by atoms with Crippen molar-refractivity contribution in [3.05, 3.63) is 64.7 Å². The molecule has 0 spiro atoms. The van der Waals surface area contributed by atoms with Gasteiger partial charge < -0.3 is 20.7 Å². The summed E-state index contributed by atoms with van der Waals surface area (Å²) in [5.74, 6) is -0.495. The van der Waals surface area contributed by atoms with Gasteiger partial charge in [0.1, 0.15) is 11.0 Å². The van der Waals surface area contributed by atoms with E-state index >= 15 is 0 Å². The van der Waals surface area contributed by atoms with Gasteiger partial charge >= 0.3 is 12.2 Å². The van der Waals surface area contributed by atoms with Crippen LogP contribution in [-0.4, -0.2) is 55.7 Å². The molecule has 4 N–H and O–H groups in total. The van der Waals surface area contributed by atoms with Crippen molar-refractivity contribution < 1.29 is 26.9 Å². The molecule has 3 aromatic rings. The summed E-state index contributed by atoms with van der Waals surface area (Å²) in [5.41, 5.74) is 1.20. The second kappa shape index (κ2) is 13.9. The van der Waals surface area contributed by atoms with Crippen LogP contribution in [0.3, 0.4) is 0 Å². The lowest BCUT2D eigenvalue weighted by atomic mass is 10.1. The number of benzene rings is 2. The average molecular weight is 666 g/mol. The van der Waals surface area contributed by atoms with Gasteiger partial charge in [-0.2, -0.15) is 28.1 Å². The van der Waals surface area contributed by atoms with Crippen molar-refractivity contribution in [1.29, 1.82) is 0 Å². The molecule has 0 radical (unpaired) electrons. The molecule has 1 heterocycles. The van der Waals surface area contributed by atoms with E-state index in [1.165, 1.54) is 0 Å². The van der Waals surface area contributed by atoms with Crippen molar-refractivity contribution in [3.63, 3.8) is 0 Å². The SMILES string of the molecule is CCCCCNCC1(S(=O)NC(=O)c2ccc(Nc3nc(NC4(c5ccc(Cl)cc5)CC4)nc(OCC(F)(F)F)n3)cc2)CC1. The van der Waals surface area contributed by atoms with E-state index in [9.17, 15) is 22.2 Å². The van der Waals surface area contributed by atoms with Gasteiger partial charge in [0.05, 0.1) is 10.3 Å². The topological polar surface area (TPSA) is 130 Å². The highest BCUT2D eigenvalue weighted by atomic mass is 35.5. The van der Waals surface area contributed by atoms with Gasteiger partial charge in [0, 0.05) is 22.8 Å². The first-order chi connectivity index (χ1) is 21.5. The molecular weight excluding hydrogens is 631 g/mol. The number of anilines is 3. The maximum atomic E-state index is 12.9. The third-order valence-electron chi connectivity index (χ3n) is 7.67. The Bertz CT molecular complexity index is 1500. The number of aromatic nitrogens is 3. The number of carbonyl (C=O) groups excluding carboxylic acids is 1. The monoisotopic (exact) mass is 665 g/mol. The standard InChI is InChI=1S/C30H35ClF3N7O3S/c1-2-3-4-17-35-18-28(13-14-28)45(43)41-24(42)20-5-11-23(12-6-20)36-25-37-26(39-27(38-25)44-19-30(32,33)34)40-29(15-16-29)21-7-9-22(31)10-8-21/h5-12,35H,2-4,13-19H2,1H3,(H,41,42)(H2,36,37,38,39,40). The number of hydrogen-bond donors (Lipinski definition) is 4. The highest BCUT2D eigenvalue weighted by Crippen LogP contribution is 2.48. The first kappa shape index (κ1) is 32.9. The van der Waals surface area contributed by atoms with Crippen LogP contribution in [0.2, 0.25) is 5.02 Å². The lowest BCUT2D eigenvalue weighted by Crippen LogP contribution is -2.40. The van der Waals surface area contributed by atoms with Crippen molar-refractivity contribution in [2.75, 3.05) is 30.3 Å². The molecule has 0 bridgehead atoms. The Morgan fingerprint density at radius 3 is 2.29 bits per heavy atom. The minimum absolute atomic E-state index is 0.0319. The Kier molecular flexibility index (Phi) is 10.1. The van der Waals surface area contributed by atoms with Crippen LogP contribution in [0.15, 0.2) is 48.5 Å². The average Bonchev–Trinajstić information content (AvgIpc) is 3.94. The largest absolute Gasteiger partial charge is 0.454 e. The fourth-order valence-electron chi connectivity index (χ4n) is 4.74. The number of nitrogens with one attached hydrogen (secondary N) is 4. The van der Waals surface area contributed by atoms with Crippen LogP contribution in [0.1, 0.15) is 67.8 Å². The van der Waals surface area contributed by atoms with Crippen molar-refractivity contribution in [2.24, 2.45) is 0 Å². The summed E-state index contributed by atoms with van der Waals surface area (Å²) in [6.45, 7) is 2.01. The number of rotatable bonds is 16. The van der Waals surface area contributed by atoms with Crippen LogP contribution < -0.4 is 25.4 Å². The fraction of sp³-hybridized carbons (Fsp3) is 0.467. The molecule has 1 atom stereocenters. The third kappa shape index (κ3) is 9.04. The summed E-state index contributed by atoms with van der Waals surface area (Å²) in [4.78, 5) is 25.2. The van der Waals surface area contributed by atoms with Gasteiger partial charge in [-0.3, -0.25) is 9.52 Å². The summed E-state index contributed by atoms with van der Waals surface area (Å²) >= 11 is 6.02. The Morgan fingerprint density at radius 1 is 0.978 bits per heavy atom.